The molecule has 2 rings (SSSR count). The van der Waals surface area contributed by atoms with Crippen molar-refractivity contribution in [2.75, 3.05) is 18.4 Å². The van der Waals surface area contributed by atoms with E-state index in [-0.39, 0.29) is 12.5 Å². The zero-order valence-electron chi connectivity index (χ0n) is 10.4. The molecule has 0 bridgehead atoms. The number of hydrogen-bond acceptors (Lipinski definition) is 5. The number of amides is 1. The molecule has 20 heavy (non-hydrogen) atoms. The summed E-state index contributed by atoms with van der Waals surface area (Å²) in [6.07, 6.45) is 1.89. The van der Waals surface area contributed by atoms with Crippen LogP contribution in [0.15, 0.2) is 29.0 Å². The van der Waals surface area contributed by atoms with Gasteiger partial charge in [0.2, 0.25) is 11.8 Å². The molecule has 0 aliphatic carbocycles. The maximum Gasteiger partial charge on any atom is 0.238 e. The number of aromatic nitrogens is 2. The molecule has 0 saturated heterocycles. The highest BCUT2D eigenvalue weighted by Crippen LogP contribution is 2.29. The first-order chi connectivity index (χ1) is 9.66. The zero-order chi connectivity index (χ0) is 14.4. The molecule has 2 aromatic rings. The first kappa shape index (κ1) is 14.8. The van der Waals surface area contributed by atoms with E-state index in [1.165, 1.54) is 6.33 Å². The third-order valence-corrected chi connectivity index (χ3v) is 3.07. The normalized spacial score (nSPS) is 10.5. The Morgan fingerprint density at radius 1 is 1.30 bits per heavy atom. The predicted octanol–water partition coefficient (Wildman–Crippen LogP) is 2.15. The van der Waals surface area contributed by atoms with E-state index < -0.39 is 0 Å². The summed E-state index contributed by atoms with van der Waals surface area (Å²) >= 11 is 11.9. The summed E-state index contributed by atoms with van der Waals surface area (Å²) in [6, 6.07) is 5.03. The van der Waals surface area contributed by atoms with Gasteiger partial charge in [-0.1, -0.05) is 34.4 Å². The van der Waals surface area contributed by atoms with Gasteiger partial charge < -0.3 is 15.2 Å². The number of benzene rings is 1. The third kappa shape index (κ3) is 4.19. The van der Waals surface area contributed by atoms with Crippen LogP contribution in [0.25, 0.3) is 0 Å². The number of anilines is 1. The van der Waals surface area contributed by atoms with Gasteiger partial charge in [-0.05, 0) is 12.1 Å². The zero-order valence-corrected chi connectivity index (χ0v) is 11.9. The second kappa shape index (κ2) is 7.23. The van der Waals surface area contributed by atoms with Gasteiger partial charge in [-0.3, -0.25) is 4.79 Å². The van der Waals surface area contributed by atoms with Gasteiger partial charge in [-0.2, -0.15) is 4.98 Å². The fourth-order valence-corrected chi connectivity index (χ4v) is 2.00. The fraction of sp³-hybridized carbons (Fsp3) is 0.250. The number of para-hydroxylation sites is 1. The summed E-state index contributed by atoms with van der Waals surface area (Å²) in [4.78, 5) is 15.6. The minimum Gasteiger partial charge on any atom is -0.340 e. The highest BCUT2D eigenvalue weighted by atomic mass is 35.5. The van der Waals surface area contributed by atoms with Crippen molar-refractivity contribution in [1.29, 1.82) is 0 Å². The van der Waals surface area contributed by atoms with Crippen molar-refractivity contribution in [3.8, 4) is 0 Å². The lowest BCUT2D eigenvalue weighted by Crippen LogP contribution is -2.29. The average Bonchev–Trinajstić information content (AvgIpc) is 2.92. The molecule has 1 amide bonds. The summed E-state index contributed by atoms with van der Waals surface area (Å²) in [7, 11) is 0. The number of nitrogens with one attached hydrogen (secondary N) is 2. The Hall–Kier alpha value is -1.63. The van der Waals surface area contributed by atoms with Crippen LogP contribution >= 0.6 is 23.2 Å². The van der Waals surface area contributed by atoms with Gasteiger partial charge in [0.25, 0.3) is 0 Å². The molecule has 0 radical (unpaired) electrons. The number of rotatable bonds is 6. The molecular weight excluding hydrogens is 303 g/mol. The summed E-state index contributed by atoms with van der Waals surface area (Å²) in [6.45, 7) is 0.682. The maximum atomic E-state index is 11.7. The number of carbonyl (C=O) groups excluding carboxylic acids is 1. The van der Waals surface area contributed by atoms with Gasteiger partial charge in [0, 0.05) is 13.0 Å². The van der Waals surface area contributed by atoms with Crippen LogP contribution in [0.2, 0.25) is 10.0 Å². The minimum atomic E-state index is -0.231. The molecule has 0 unspecified atom stereocenters. The van der Waals surface area contributed by atoms with Crippen molar-refractivity contribution < 1.29 is 9.32 Å². The molecule has 0 atom stereocenters. The van der Waals surface area contributed by atoms with Crippen molar-refractivity contribution in [3.63, 3.8) is 0 Å². The maximum absolute atomic E-state index is 11.7. The monoisotopic (exact) mass is 314 g/mol. The van der Waals surface area contributed by atoms with E-state index in [0.29, 0.717) is 34.6 Å². The Morgan fingerprint density at radius 2 is 2.05 bits per heavy atom. The third-order valence-electron chi connectivity index (χ3n) is 2.44. The second-order valence-corrected chi connectivity index (χ2v) is 4.72. The predicted molar refractivity (Wildman–Crippen MR) is 76.0 cm³/mol. The number of halogens is 2. The highest BCUT2D eigenvalue weighted by Gasteiger charge is 2.09. The number of nitrogens with zero attached hydrogens (tertiary/aromatic N) is 2. The number of carbonyl (C=O) groups is 1. The molecule has 106 valence electrons. The SMILES string of the molecule is O=C(CNCCc1ncno1)Nc1c(Cl)cccc1Cl. The Kier molecular flexibility index (Phi) is 5.34. The van der Waals surface area contributed by atoms with Crippen LogP contribution in [0.4, 0.5) is 5.69 Å². The van der Waals surface area contributed by atoms with E-state index in [9.17, 15) is 4.79 Å². The quantitative estimate of drug-likeness (QED) is 0.799. The smallest absolute Gasteiger partial charge is 0.238 e. The minimum absolute atomic E-state index is 0.135. The first-order valence-corrected chi connectivity index (χ1v) is 6.62. The molecule has 1 aromatic heterocycles. The van der Waals surface area contributed by atoms with Crippen molar-refractivity contribution >= 4 is 34.8 Å². The lowest BCUT2D eigenvalue weighted by Gasteiger charge is -2.09. The van der Waals surface area contributed by atoms with Gasteiger partial charge in [0.1, 0.15) is 0 Å². The van der Waals surface area contributed by atoms with Gasteiger partial charge in [0.05, 0.1) is 22.3 Å². The van der Waals surface area contributed by atoms with E-state index in [4.69, 9.17) is 27.7 Å². The first-order valence-electron chi connectivity index (χ1n) is 5.87. The molecular formula is C12H12Cl2N4O2. The molecule has 2 N–H and O–H groups in total. The van der Waals surface area contributed by atoms with E-state index in [0.717, 1.165) is 0 Å². The summed E-state index contributed by atoms with van der Waals surface area (Å²) in [5.74, 6) is 0.289. The van der Waals surface area contributed by atoms with Crippen LogP contribution in [0.3, 0.4) is 0 Å². The molecule has 0 fully saturated rings. The highest BCUT2D eigenvalue weighted by molar-refractivity contribution is 6.39. The van der Waals surface area contributed by atoms with Gasteiger partial charge in [-0.25, -0.2) is 0 Å². The van der Waals surface area contributed by atoms with Crippen LogP contribution in [0.5, 0.6) is 0 Å². The van der Waals surface area contributed by atoms with E-state index in [1.807, 2.05) is 0 Å². The standard InChI is InChI=1S/C12H12Cl2N4O2/c13-8-2-1-3-9(14)12(8)18-10(19)6-15-5-4-11-16-7-17-20-11/h1-3,7,15H,4-6H2,(H,18,19). The second-order valence-electron chi connectivity index (χ2n) is 3.91. The van der Waals surface area contributed by atoms with E-state index >= 15 is 0 Å². The molecule has 8 heteroatoms. The molecule has 0 aliphatic heterocycles. The Labute approximate surface area is 125 Å². The molecule has 1 aromatic carbocycles. The van der Waals surface area contributed by atoms with Crippen LogP contribution in [-0.2, 0) is 11.2 Å². The topological polar surface area (TPSA) is 80.1 Å². The largest absolute Gasteiger partial charge is 0.340 e. The summed E-state index contributed by atoms with van der Waals surface area (Å²) < 4.78 is 4.83. The van der Waals surface area contributed by atoms with E-state index in [1.54, 1.807) is 18.2 Å². The fourth-order valence-electron chi connectivity index (χ4n) is 1.50. The Morgan fingerprint density at radius 3 is 2.70 bits per heavy atom. The molecule has 6 nitrogen and oxygen atoms in total. The van der Waals surface area contributed by atoms with Gasteiger partial charge in [-0.15, -0.1) is 0 Å². The molecule has 0 saturated carbocycles. The average molecular weight is 315 g/mol. The van der Waals surface area contributed by atoms with Crippen LogP contribution in [-0.4, -0.2) is 29.1 Å². The molecule has 0 aliphatic rings. The number of hydrogen-bond donors (Lipinski definition) is 2. The van der Waals surface area contributed by atoms with Crippen LogP contribution in [0.1, 0.15) is 5.89 Å². The summed E-state index contributed by atoms with van der Waals surface area (Å²) in [5.41, 5.74) is 0.416. The Balaban J connectivity index is 1.75. The van der Waals surface area contributed by atoms with Gasteiger partial charge in [0.15, 0.2) is 6.33 Å². The lowest BCUT2D eigenvalue weighted by atomic mass is 10.3. The van der Waals surface area contributed by atoms with Crippen molar-refractivity contribution in [2.24, 2.45) is 0 Å². The van der Waals surface area contributed by atoms with Crippen molar-refractivity contribution in [2.45, 2.75) is 6.42 Å². The summed E-state index contributed by atoms with van der Waals surface area (Å²) in [5, 5.41) is 9.90. The van der Waals surface area contributed by atoms with Gasteiger partial charge >= 0.3 is 0 Å². The van der Waals surface area contributed by atoms with Crippen molar-refractivity contribution in [3.05, 3.63) is 40.5 Å². The molecule has 1 heterocycles. The molecule has 0 spiro atoms. The Bertz CT molecular complexity index is 555. The van der Waals surface area contributed by atoms with E-state index in [2.05, 4.69) is 20.8 Å². The van der Waals surface area contributed by atoms with Crippen LogP contribution in [0, 0.1) is 0 Å². The lowest BCUT2D eigenvalue weighted by molar-refractivity contribution is -0.115. The van der Waals surface area contributed by atoms with Crippen molar-refractivity contribution in [1.82, 2.24) is 15.5 Å². The van der Waals surface area contributed by atoms with Crippen LogP contribution < -0.4 is 10.6 Å².